The summed E-state index contributed by atoms with van der Waals surface area (Å²) < 4.78 is 10.9. The Morgan fingerprint density at radius 3 is 2.41 bits per heavy atom. The fourth-order valence-corrected chi connectivity index (χ4v) is 2.97. The number of H-pyrrole nitrogens is 1. The Labute approximate surface area is 163 Å². The Morgan fingerprint density at radius 1 is 1.17 bits per heavy atom. The van der Waals surface area contributed by atoms with Crippen LogP contribution in [0.5, 0.6) is 5.75 Å². The number of benzene rings is 1. The molecule has 3 rings (SSSR count). The van der Waals surface area contributed by atoms with E-state index in [2.05, 4.69) is 10.1 Å². The van der Waals surface area contributed by atoms with E-state index < -0.39 is 34.4 Å². The molecule has 150 valence electrons. The molecule has 29 heavy (non-hydrogen) atoms. The molecule has 2 heterocycles. The van der Waals surface area contributed by atoms with Gasteiger partial charge in [0.05, 0.1) is 11.3 Å². The third kappa shape index (κ3) is 3.55. The van der Waals surface area contributed by atoms with Crippen molar-refractivity contribution in [3.8, 4) is 16.9 Å². The minimum Gasteiger partial charge on any atom is -0.488 e. The Bertz CT molecular complexity index is 1160. The number of para-hydroxylation sites is 1. The minimum absolute atomic E-state index is 0.0433. The molecule has 2 aromatic heterocycles. The van der Waals surface area contributed by atoms with Gasteiger partial charge in [-0.1, -0.05) is 23.4 Å². The number of nitrogens with two attached hydrogens (primary N) is 1. The van der Waals surface area contributed by atoms with Crippen LogP contribution < -0.4 is 16.0 Å². The molecule has 0 aliphatic heterocycles. The number of carboxylic acids is 2. The highest BCUT2D eigenvalue weighted by Gasteiger charge is 2.28. The number of carbonyl (C=O) groups is 2. The zero-order valence-corrected chi connectivity index (χ0v) is 15.5. The average molecular weight is 399 g/mol. The molecule has 0 spiro atoms. The monoisotopic (exact) mass is 399 g/mol. The number of aryl methyl sites for hydroxylation is 2. The van der Waals surface area contributed by atoms with Gasteiger partial charge < -0.3 is 30.2 Å². The van der Waals surface area contributed by atoms with Crippen molar-refractivity contribution in [3.63, 3.8) is 0 Å². The number of nitrogens with one attached hydrogen (secondary N) is 1. The molecule has 1 aromatic carbocycles. The van der Waals surface area contributed by atoms with Gasteiger partial charge in [0.1, 0.15) is 35.1 Å². The number of pyridine rings is 1. The number of nitrogens with zero attached hydrogens (tertiary/aromatic N) is 1. The number of aromatic amines is 1. The number of ether oxygens (including phenoxy) is 1. The summed E-state index contributed by atoms with van der Waals surface area (Å²) in [5.74, 6) is -2.82. The van der Waals surface area contributed by atoms with Crippen LogP contribution in [0.15, 0.2) is 33.6 Å². The number of carboxylic acid groups (broad SMARTS) is 2. The van der Waals surface area contributed by atoms with Crippen molar-refractivity contribution in [2.24, 2.45) is 0 Å². The number of hydrogen-bond donors (Lipinski definition) is 4. The summed E-state index contributed by atoms with van der Waals surface area (Å²) in [5.41, 5.74) is 4.47. The quantitative estimate of drug-likeness (QED) is 0.485. The van der Waals surface area contributed by atoms with E-state index in [1.807, 2.05) is 0 Å². The number of aromatic nitrogens is 2. The summed E-state index contributed by atoms with van der Waals surface area (Å²) in [6.45, 7) is 3.50. The molecule has 0 bridgehead atoms. The highest BCUT2D eigenvalue weighted by atomic mass is 16.5. The van der Waals surface area contributed by atoms with E-state index in [-0.39, 0.29) is 23.5 Å². The molecule has 0 fully saturated rings. The van der Waals surface area contributed by atoms with Crippen molar-refractivity contribution in [3.05, 3.63) is 62.8 Å². The molecular formula is C19H17N3O7. The van der Waals surface area contributed by atoms with Gasteiger partial charge >= 0.3 is 11.9 Å². The van der Waals surface area contributed by atoms with Gasteiger partial charge in [0.2, 0.25) is 0 Å². The molecular weight excluding hydrogens is 382 g/mol. The van der Waals surface area contributed by atoms with E-state index in [9.17, 15) is 24.6 Å². The van der Waals surface area contributed by atoms with Crippen LogP contribution in [-0.2, 0) is 6.61 Å². The van der Waals surface area contributed by atoms with Gasteiger partial charge in [0.25, 0.3) is 5.56 Å². The van der Waals surface area contributed by atoms with Gasteiger partial charge in [0.15, 0.2) is 0 Å². The Balaban J connectivity index is 2.21. The van der Waals surface area contributed by atoms with Gasteiger partial charge in [-0.15, -0.1) is 0 Å². The molecule has 0 aliphatic carbocycles. The van der Waals surface area contributed by atoms with Gasteiger partial charge in [0, 0.05) is 11.1 Å². The van der Waals surface area contributed by atoms with Crippen LogP contribution in [0.3, 0.4) is 0 Å². The molecule has 0 radical (unpaired) electrons. The normalized spacial score (nSPS) is 10.7. The lowest BCUT2D eigenvalue weighted by Gasteiger charge is -2.16. The Morgan fingerprint density at radius 2 is 1.83 bits per heavy atom. The number of hydrogen-bond acceptors (Lipinski definition) is 7. The van der Waals surface area contributed by atoms with Crippen molar-refractivity contribution in [2.45, 2.75) is 20.5 Å². The SMILES string of the molecule is Cc1noc(C)c1COc1ccccc1-c1c(C(=O)O)c(N)[nH]c(=O)c1C(=O)O. The zero-order chi connectivity index (χ0) is 21.3. The second-order valence-electron chi connectivity index (χ2n) is 6.19. The summed E-state index contributed by atoms with van der Waals surface area (Å²) in [5, 5.41) is 23.0. The van der Waals surface area contributed by atoms with Crippen LogP contribution in [0.4, 0.5) is 5.82 Å². The second-order valence-corrected chi connectivity index (χ2v) is 6.19. The molecule has 0 unspecified atom stereocenters. The van der Waals surface area contributed by atoms with Crippen LogP contribution in [-0.4, -0.2) is 32.3 Å². The van der Waals surface area contributed by atoms with Crippen LogP contribution in [0, 0.1) is 13.8 Å². The van der Waals surface area contributed by atoms with Crippen molar-refractivity contribution in [1.29, 1.82) is 0 Å². The number of anilines is 1. The molecule has 5 N–H and O–H groups in total. The number of nitrogen functional groups attached to an aromatic ring is 1. The van der Waals surface area contributed by atoms with E-state index in [1.54, 1.807) is 26.0 Å². The summed E-state index contributed by atoms with van der Waals surface area (Å²) in [4.78, 5) is 37.8. The molecule has 0 aliphatic rings. The van der Waals surface area contributed by atoms with Crippen LogP contribution in [0.1, 0.15) is 37.7 Å². The Kier molecular flexibility index (Phi) is 5.09. The maximum atomic E-state index is 12.2. The van der Waals surface area contributed by atoms with Crippen LogP contribution in [0.2, 0.25) is 0 Å². The number of rotatable bonds is 6. The molecule has 0 amide bonds. The average Bonchev–Trinajstić information content (AvgIpc) is 2.96. The fraction of sp³-hybridized carbons (Fsp3) is 0.158. The fourth-order valence-electron chi connectivity index (χ4n) is 2.97. The van der Waals surface area contributed by atoms with Crippen molar-refractivity contribution < 1.29 is 29.1 Å². The van der Waals surface area contributed by atoms with Gasteiger partial charge in [-0.2, -0.15) is 0 Å². The van der Waals surface area contributed by atoms with Crippen LogP contribution >= 0.6 is 0 Å². The largest absolute Gasteiger partial charge is 0.488 e. The molecule has 10 nitrogen and oxygen atoms in total. The van der Waals surface area contributed by atoms with Gasteiger partial charge in [-0.05, 0) is 19.9 Å². The second kappa shape index (κ2) is 7.50. The summed E-state index contributed by atoms with van der Waals surface area (Å²) in [6.07, 6.45) is 0. The lowest BCUT2D eigenvalue weighted by Crippen LogP contribution is -2.24. The summed E-state index contributed by atoms with van der Waals surface area (Å²) >= 11 is 0. The minimum atomic E-state index is -1.59. The van der Waals surface area contributed by atoms with Crippen molar-refractivity contribution >= 4 is 17.8 Å². The molecule has 10 heteroatoms. The number of aromatic carboxylic acids is 2. The van der Waals surface area contributed by atoms with Crippen molar-refractivity contribution in [1.82, 2.24) is 10.1 Å². The summed E-state index contributed by atoms with van der Waals surface area (Å²) in [6, 6.07) is 6.17. The van der Waals surface area contributed by atoms with E-state index in [0.29, 0.717) is 17.0 Å². The van der Waals surface area contributed by atoms with Gasteiger partial charge in [-0.3, -0.25) is 4.79 Å². The summed E-state index contributed by atoms with van der Waals surface area (Å²) in [7, 11) is 0. The van der Waals surface area contributed by atoms with Crippen LogP contribution in [0.25, 0.3) is 11.1 Å². The smallest absolute Gasteiger partial charge is 0.342 e. The third-order valence-electron chi connectivity index (χ3n) is 4.38. The lowest BCUT2D eigenvalue weighted by atomic mass is 9.94. The first kappa shape index (κ1) is 19.7. The maximum Gasteiger partial charge on any atom is 0.342 e. The standard InChI is InChI=1S/C19H17N3O7/c1-8-11(9(2)29-22-8)7-28-12-6-4-3-5-10(12)13-14(18(24)25)16(20)21-17(23)15(13)19(26)27/h3-6H,7H2,1-2H3,(H,24,25)(H,26,27)(H3,20,21,23). The first-order valence-electron chi connectivity index (χ1n) is 8.38. The maximum absolute atomic E-state index is 12.2. The topological polar surface area (TPSA) is 169 Å². The van der Waals surface area contributed by atoms with E-state index in [0.717, 1.165) is 0 Å². The zero-order valence-electron chi connectivity index (χ0n) is 15.5. The highest BCUT2D eigenvalue weighted by molar-refractivity contribution is 6.08. The molecule has 3 aromatic rings. The first-order valence-corrected chi connectivity index (χ1v) is 8.38. The molecule has 0 saturated heterocycles. The highest BCUT2D eigenvalue weighted by Crippen LogP contribution is 2.36. The first-order chi connectivity index (χ1) is 13.7. The molecule has 0 saturated carbocycles. The third-order valence-corrected chi connectivity index (χ3v) is 4.38. The van der Waals surface area contributed by atoms with Gasteiger partial charge in [-0.25, -0.2) is 9.59 Å². The van der Waals surface area contributed by atoms with E-state index in [4.69, 9.17) is 15.0 Å². The van der Waals surface area contributed by atoms with E-state index >= 15 is 0 Å². The lowest BCUT2D eigenvalue weighted by molar-refractivity contribution is 0.0695. The Hall–Kier alpha value is -4.08. The predicted molar refractivity (Wildman–Crippen MR) is 101 cm³/mol. The molecule has 0 atom stereocenters. The van der Waals surface area contributed by atoms with Crippen molar-refractivity contribution in [2.75, 3.05) is 5.73 Å². The predicted octanol–water partition coefficient (Wildman–Crippen LogP) is 2.20. The van der Waals surface area contributed by atoms with E-state index in [1.165, 1.54) is 12.1 Å².